The number of carbonyl (C=O) groups excluding carboxylic acids is 2. The topological polar surface area (TPSA) is 65.1 Å². The van der Waals surface area contributed by atoms with Gasteiger partial charge in [0.05, 0.1) is 30.2 Å². The number of benzene rings is 2. The van der Waals surface area contributed by atoms with Crippen molar-refractivity contribution in [3.63, 3.8) is 0 Å². The Balaban J connectivity index is 1.20. The first kappa shape index (κ1) is 24.5. The number of thiocarbonyl (C=S) groups is 1. The second-order valence-corrected chi connectivity index (χ2v) is 12.4. The standard InChI is InChI=1S/C29H29NO5S2/c1-33-22-6-4-21(5-7-22)30-26(31)25(37-28(30)36)13-17-3-8-23(24(12-17)34-2)35-27(32)29-14-18-9-19(15-29)11-20(10-18)16-29/h3-8,12-13,18-20H,9-11,14-16H2,1-2H3/b25-13+. The van der Waals surface area contributed by atoms with Crippen molar-refractivity contribution >= 4 is 51.9 Å². The third-order valence-corrected chi connectivity index (χ3v) is 9.59. The maximum absolute atomic E-state index is 13.4. The SMILES string of the molecule is COc1ccc(N2C(=O)/C(=C\c3ccc(OC(=O)C45CC6CC(CC(C6)C4)C5)c(OC)c3)SC2=S)cc1. The molecule has 2 aromatic carbocycles. The molecule has 8 heteroatoms. The van der Waals surface area contributed by atoms with E-state index in [2.05, 4.69) is 0 Å². The lowest BCUT2D eigenvalue weighted by Gasteiger charge is -2.55. The average molecular weight is 536 g/mol. The first-order chi connectivity index (χ1) is 17.9. The number of carbonyl (C=O) groups is 2. The molecule has 192 valence electrons. The van der Waals surface area contributed by atoms with E-state index in [0.29, 0.717) is 49.9 Å². The van der Waals surface area contributed by atoms with Crippen LogP contribution in [0.3, 0.4) is 0 Å². The Morgan fingerprint density at radius 1 is 0.973 bits per heavy atom. The van der Waals surface area contributed by atoms with Crippen molar-refractivity contribution < 1.29 is 23.8 Å². The smallest absolute Gasteiger partial charge is 0.317 e. The number of amides is 1. The second-order valence-electron chi connectivity index (χ2n) is 10.7. The quantitative estimate of drug-likeness (QED) is 0.188. The van der Waals surface area contributed by atoms with Gasteiger partial charge in [0.2, 0.25) is 0 Å². The summed E-state index contributed by atoms with van der Waals surface area (Å²) in [7, 11) is 3.16. The Morgan fingerprint density at radius 2 is 1.62 bits per heavy atom. The minimum Gasteiger partial charge on any atom is -0.497 e. The Morgan fingerprint density at radius 3 is 2.22 bits per heavy atom. The van der Waals surface area contributed by atoms with E-state index >= 15 is 0 Å². The van der Waals surface area contributed by atoms with Gasteiger partial charge in [0.25, 0.3) is 5.91 Å². The van der Waals surface area contributed by atoms with Gasteiger partial charge in [0.15, 0.2) is 15.8 Å². The molecule has 5 fully saturated rings. The van der Waals surface area contributed by atoms with Crippen LogP contribution in [0.1, 0.15) is 44.1 Å². The van der Waals surface area contributed by atoms with Gasteiger partial charge in [-0.05, 0) is 104 Å². The van der Waals surface area contributed by atoms with E-state index in [4.69, 9.17) is 26.4 Å². The molecule has 0 atom stereocenters. The van der Waals surface area contributed by atoms with E-state index in [0.717, 1.165) is 24.8 Å². The molecular weight excluding hydrogens is 506 g/mol. The van der Waals surface area contributed by atoms with Crippen LogP contribution in [-0.4, -0.2) is 30.4 Å². The van der Waals surface area contributed by atoms with Crippen molar-refractivity contribution in [2.45, 2.75) is 38.5 Å². The van der Waals surface area contributed by atoms with Gasteiger partial charge in [-0.1, -0.05) is 30.0 Å². The van der Waals surface area contributed by atoms with Crippen molar-refractivity contribution in [1.82, 2.24) is 0 Å². The molecule has 6 nitrogen and oxygen atoms in total. The zero-order valence-corrected chi connectivity index (χ0v) is 22.5. The van der Waals surface area contributed by atoms with Crippen LogP contribution in [0.25, 0.3) is 6.08 Å². The van der Waals surface area contributed by atoms with Gasteiger partial charge < -0.3 is 14.2 Å². The summed E-state index contributed by atoms with van der Waals surface area (Å²) in [6, 6.07) is 12.6. The summed E-state index contributed by atoms with van der Waals surface area (Å²) in [5.74, 6) is 3.30. The normalized spacial score (nSPS) is 29.2. The monoisotopic (exact) mass is 535 g/mol. The number of rotatable bonds is 6. The fraction of sp³-hybridized carbons (Fsp3) is 0.414. The van der Waals surface area contributed by atoms with Gasteiger partial charge >= 0.3 is 5.97 Å². The number of esters is 1. The molecule has 0 spiro atoms. The summed E-state index contributed by atoms with van der Waals surface area (Å²) in [5.41, 5.74) is 1.12. The number of hydrogen-bond acceptors (Lipinski definition) is 7. The first-order valence-electron chi connectivity index (χ1n) is 12.7. The van der Waals surface area contributed by atoms with Gasteiger partial charge in [-0.2, -0.15) is 0 Å². The number of methoxy groups -OCH3 is 2. The number of hydrogen-bond donors (Lipinski definition) is 0. The maximum atomic E-state index is 13.4. The molecule has 0 N–H and O–H groups in total. The minimum absolute atomic E-state index is 0.113. The summed E-state index contributed by atoms with van der Waals surface area (Å²) in [6.45, 7) is 0. The third kappa shape index (κ3) is 4.44. The van der Waals surface area contributed by atoms with Gasteiger partial charge in [0, 0.05) is 0 Å². The lowest BCUT2D eigenvalue weighted by atomic mass is 9.49. The van der Waals surface area contributed by atoms with E-state index in [1.807, 2.05) is 18.2 Å². The maximum Gasteiger partial charge on any atom is 0.317 e. The van der Waals surface area contributed by atoms with Crippen LogP contribution in [0.15, 0.2) is 47.4 Å². The number of anilines is 1. The molecule has 0 aromatic heterocycles. The first-order valence-corrected chi connectivity index (χ1v) is 13.9. The highest BCUT2D eigenvalue weighted by atomic mass is 32.2. The Bertz CT molecular complexity index is 1270. The van der Waals surface area contributed by atoms with Gasteiger partial charge in [0.1, 0.15) is 5.75 Å². The van der Waals surface area contributed by atoms with E-state index in [1.165, 1.54) is 35.9 Å². The van der Waals surface area contributed by atoms with Crippen LogP contribution in [0.2, 0.25) is 0 Å². The highest BCUT2D eigenvalue weighted by molar-refractivity contribution is 8.27. The Labute approximate surface area is 226 Å². The zero-order chi connectivity index (χ0) is 25.7. The number of ether oxygens (including phenoxy) is 3. The molecule has 1 amide bonds. The highest BCUT2D eigenvalue weighted by Crippen LogP contribution is 2.60. The minimum atomic E-state index is -0.339. The molecule has 4 bridgehead atoms. The fourth-order valence-electron chi connectivity index (χ4n) is 7.00. The van der Waals surface area contributed by atoms with E-state index in [9.17, 15) is 9.59 Å². The van der Waals surface area contributed by atoms with Crippen LogP contribution in [0, 0.1) is 23.2 Å². The van der Waals surface area contributed by atoms with Crippen LogP contribution < -0.4 is 19.1 Å². The molecule has 0 radical (unpaired) electrons. The Kier molecular flexibility index (Phi) is 6.27. The van der Waals surface area contributed by atoms with Gasteiger partial charge in [-0.15, -0.1) is 0 Å². The molecule has 0 unspecified atom stereocenters. The van der Waals surface area contributed by atoms with Crippen molar-refractivity contribution in [2.75, 3.05) is 19.1 Å². The van der Waals surface area contributed by atoms with Crippen molar-refractivity contribution in [3.8, 4) is 17.2 Å². The predicted molar refractivity (Wildman–Crippen MR) is 148 cm³/mol. The predicted octanol–water partition coefficient (Wildman–Crippen LogP) is 6.23. The molecule has 37 heavy (non-hydrogen) atoms. The molecule has 7 rings (SSSR count). The lowest BCUT2D eigenvalue weighted by Crippen LogP contribution is -2.51. The third-order valence-electron chi connectivity index (χ3n) is 8.28. The van der Waals surface area contributed by atoms with E-state index in [-0.39, 0.29) is 17.3 Å². The second kappa shape index (κ2) is 9.48. The molecule has 4 aliphatic carbocycles. The van der Waals surface area contributed by atoms with Crippen molar-refractivity contribution in [2.24, 2.45) is 23.2 Å². The van der Waals surface area contributed by atoms with Crippen LogP contribution in [-0.2, 0) is 9.59 Å². The zero-order valence-electron chi connectivity index (χ0n) is 20.9. The summed E-state index contributed by atoms with van der Waals surface area (Å²) in [4.78, 5) is 28.6. The summed E-state index contributed by atoms with van der Waals surface area (Å²) in [5, 5.41) is 0. The summed E-state index contributed by atoms with van der Waals surface area (Å²) < 4.78 is 17.2. The van der Waals surface area contributed by atoms with Crippen LogP contribution in [0.5, 0.6) is 17.2 Å². The van der Waals surface area contributed by atoms with Crippen molar-refractivity contribution in [3.05, 3.63) is 52.9 Å². The van der Waals surface area contributed by atoms with Crippen LogP contribution >= 0.6 is 24.0 Å². The highest BCUT2D eigenvalue weighted by Gasteiger charge is 2.55. The number of nitrogens with zero attached hydrogens (tertiary/aromatic N) is 1. The Hall–Kier alpha value is -2.84. The lowest BCUT2D eigenvalue weighted by molar-refractivity contribution is -0.161. The van der Waals surface area contributed by atoms with Crippen molar-refractivity contribution in [1.29, 1.82) is 0 Å². The van der Waals surface area contributed by atoms with Gasteiger partial charge in [-0.3, -0.25) is 14.5 Å². The molecule has 2 aromatic rings. The largest absolute Gasteiger partial charge is 0.497 e. The average Bonchev–Trinajstić information content (AvgIpc) is 3.16. The fourth-order valence-corrected chi connectivity index (χ4v) is 8.30. The molecule has 5 aliphatic rings. The molecular formula is C29H29NO5S2. The molecule has 1 saturated heterocycles. The summed E-state index contributed by atoms with van der Waals surface area (Å²) >= 11 is 6.75. The molecule has 1 heterocycles. The summed E-state index contributed by atoms with van der Waals surface area (Å²) in [6.07, 6.45) is 8.46. The van der Waals surface area contributed by atoms with E-state index < -0.39 is 0 Å². The van der Waals surface area contributed by atoms with E-state index in [1.54, 1.807) is 44.6 Å². The van der Waals surface area contributed by atoms with Gasteiger partial charge in [-0.25, -0.2) is 0 Å². The van der Waals surface area contributed by atoms with Crippen LogP contribution in [0.4, 0.5) is 5.69 Å². The molecule has 4 saturated carbocycles. The molecule has 1 aliphatic heterocycles. The number of thioether (sulfide) groups is 1.